The smallest absolute Gasteiger partial charge is 0.259 e. The summed E-state index contributed by atoms with van der Waals surface area (Å²) in [7, 11) is 0. The van der Waals surface area contributed by atoms with Crippen LogP contribution in [0.4, 0.5) is 5.69 Å². The zero-order chi connectivity index (χ0) is 18.2. The van der Waals surface area contributed by atoms with E-state index in [4.69, 9.17) is 16.3 Å². The Morgan fingerprint density at radius 3 is 2.72 bits per heavy atom. The number of aryl methyl sites for hydroxylation is 1. The number of phenols is 1. The average molecular weight is 362 g/mol. The minimum Gasteiger partial charge on any atom is -0.503 e. The van der Waals surface area contributed by atoms with E-state index >= 15 is 0 Å². The zero-order valence-electron chi connectivity index (χ0n) is 14.0. The fourth-order valence-corrected chi connectivity index (χ4v) is 2.23. The highest BCUT2D eigenvalue weighted by atomic mass is 35.5. The van der Waals surface area contributed by atoms with Crippen LogP contribution in [0, 0.1) is 6.92 Å². The third-order valence-corrected chi connectivity index (χ3v) is 3.55. The molecule has 0 spiro atoms. The number of rotatable bonds is 7. The van der Waals surface area contributed by atoms with Crippen LogP contribution >= 0.6 is 11.6 Å². The normalized spacial score (nSPS) is 10.7. The van der Waals surface area contributed by atoms with Crippen LogP contribution in [-0.4, -0.2) is 30.4 Å². The van der Waals surface area contributed by atoms with Gasteiger partial charge in [-0.2, -0.15) is 5.10 Å². The van der Waals surface area contributed by atoms with Crippen LogP contribution in [0.25, 0.3) is 0 Å². The molecule has 0 heterocycles. The van der Waals surface area contributed by atoms with E-state index in [-0.39, 0.29) is 29.0 Å². The molecule has 2 aromatic carbocycles. The lowest BCUT2D eigenvalue weighted by Crippen LogP contribution is -2.25. The van der Waals surface area contributed by atoms with Crippen molar-refractivity contribution in [3.05, 3.63) is 52.5 Å². The number of nitrogens with one attached hydrogen (secondary N) is 2. The number of anilines is 1. The first kappa shape index (κ1) is 18.6. The van der Waals surface area contributed by atoms with E-state index in [9.17, 15) is 9.90 Å². The Labute approximate surface area is 151 Å². The second kappa shape index (κ2) is 8.94. The number of ether oxygens (including phenoxy) is 1. The SMILES string of the molecule is CCOc1cc(/C=N/NC(=O)CNc2ccc(C)cc2)cc(Cl)c1O. The van der Waals surface area contributed by atoms with Gasteiger partial charge in [-0.1, -0.05) is 29.3 Å². The van der Waals surface area contributed by atoms with E-state index in [1.807, 2.05) is 31.2 Å². The molecule has 0 bridgehead atoms. The van der Waals surface area contributed by atoms with Crippen LogP contribution in [0.5, 0.6) is 11.5 Å². The summed E-state index contributed by atoms with van der Waals surface area (Å²) in [5.74, 6) is -0.137. The van der Waals surface area contributed by atoms with E-state index in [1.165, 1.54) is 12.3 Å². The average Bonchev–Trinajstić information content (AvgIpc) is 2.59. The number of hydrazone groups is 1. The van der Waals surface area contributed by atoms with Crippen molar-refractivity contribution in [2.24, 2.45) is 5.10 Å². The van der Waals surface area contributed by atoms with Gasteiger partial charge in [-0.3, -0.25) is 4.79 Å². The summed E-state index contributed by atoms with van der Waals surface area (Å²) >= 11 is 5.94. The van der Waals surface area contributed by atoms with Crippen molar-refractivity contribution < 1.29 is 14.6 Å². The largest absolute Gasteiger partial charge is 0.503 e. The maximum atomic E-state index is 11.8. The molecule has 0 aliphatic carbocycles. The topological polar surface area (TPSA) is 83.0 Å². The molecule has 0 saturated carbocycles. The number of aromatic hydroxyl groups is 1. The molecule has 1 amide bonds. The molecule has 132 valence electrons. The molecular formula is C18H20ClN3O3. The second-order valence-electron chi connectivity index (χ2n) is 5.30. The predicted molar refractivity (Wildman–Crippen MR) is 99.7 cm³/mol. The Kier molecular flexibility index (Phi) is 6.65. The molecule has 6 nitrogen and oxygen atoms in total. The first-order valence-electron chi connectivity index (χ1n) is 7.77. The summed E-state index contributed by atoms with van der Waals surface area (Å²) in [4.78, 5) is 11.8. The maximum Gasteiger partial charge on any atom is 0.259 e. The molecule has 0 saturated heterocycles. The van der Waals surface area contributed by atoms with Crippen molar-refractivity contribution in [1.29, 1.82) is 0 Å². The summed E-state index contributed by atoms with van der Waals surface area (Å²) < 4.78 is 5.29. The lowest BCUT2D eigenvalue weighted by molar-refractivity contribution is -0.119. The van der Waals surface area contributed by atoms with Crippen molar-refractivity contribution in [3.8, 4) is 11.5 Å². The Morgan fingerprint density at radius 1 is 1.32 bits per heavy atom. The number of halogens is 1. The van der Waals surface area contributed by atoms with Gasteiger partial charge in [0.15, 0.2) is 11.5 Å². The van der Waals surface area contributed by atoms with Crippen molar-refractivity contribution >= 4 is 29.4 Å². The number of hydrogen-bond donors (Lipinski definition) is 3. The molecule has 0 atom stereocenters. The number of carbonyl (C=O) groups excluding carboxylic acids is 1. The lowest BCUT2D eigenvalue weighted by Gasteiger charge is -2.08. The van der Waals surface area contributed by atoms with Gasteiger partial charge >= 0.3 is 0 Å². The fourth-order valence-electron chi connectivity index (χ4n) is 2.01. The molecule has 0 aliphatic rings. The monoisotopic (exact) mass is 361 g/mol. The molecule has 7 heteroatoms. The molecule has 0 radical (unpaired) electrons. The van der Waals surface area contributed by atoms with Crippen LogP contribution in [-0.2, 0) is 4.79 Å². The molecule has 0 fully saturated rings. The highest BCUT2D eigenvalue weighted by Gasteiger charge is 2.08. The number of carbonyl (C=O) groups is 1. The highest BCUT2D eigenvalue weighted by molar-refractivity contribution is 6.32. The van der Waals surface area contributed by atoms with Gasteiger partial charge in [-0.15, -0.1) is 0 Å². The summed E-state index contributed by atoms with van der Waals surface area (Å²) in [5, 5.41) is 16.8. The van der Waals surface area contributed by atoms with Crippen molar-refractivity contribution in [1.82, 2.24) is 5.43 Å². The van der Waals surface area contributed by atoms with Crippen LogP contribution in [0.2, 0.25) is 5.02 Å². The highest BCUT2D eigenvalue weighted by Crippen LogP contribution is 2.34. The third-order valence-electron chi connectivity index (χ3n) is 3.26. The van der Waals surface area contributed by atoms with E-state index in [2.05, 4.69) is 15.8 Å². The van der Waals surface area contributed by atoms with Crippen molar-refractivity contribution in [2.45, 2.75) is 13.8 Å². The minimum atomic E-state index is -0.285. The summed E-state index contributed by atoms with van der Waals surface area (Å²) in [6, 6.07) is 10.8. The quantitative estimate of drug-likeness (QED) is 0.522. The Morgan fingerprint density at radius 2 is 2.04 bits per heavy atom. The maximum absolute atomic E-state index is 11.8. The molecule has 25 heavy (non-hydrogen) atoms. The van der Waals surface area contributed by atoms with Crippen LogP contribution in [0.15, 0.2) is 41.5 Å². The number of nitrogens with zero attached hydrogens (tertiary/aromatic N) is 1. The zero-order valence-corrected chi connectivity index (χ0v) is 14.8. The Hall–Kier alpha value is -2.73. The molecule has 0 unspecified atom stereocenters. The van der Waals surface area contributed by atoms with Gasteiger partial charge in [0, 0.05) is 5.69 Å². The molecular weight excluding hydrogens is 342 g/mol. The first-order chi connectivity index (χ1) is 12.0. The van der Waals surface area contributed by atoms with Crippen LogP contribution < -0.4 is 15.5 Å². The van der Waals surface area contributed by atoms with E-state index in [0.29, 0.717) is 12.2 Å². The van der Waals surface area contributed by atoms with Crippen LogP contribution in [0.1, 0.15) is 18.1 Å². The standard InChI is InChI=1S/C18H20ClN3O3/c1-3-25-16-9-13(8-15(19)18(16)24)10-21-22-17(23)11-20-14-6-4-12(2)5-7-14/h4-10,20,24H,3,11H2,1-2H3,(H,22,23)/b21-10+. The van der Waals surface area contributed by atoms with Gasteiger partial charge in [0.2, 0.25) is 0 Å². The fraction of sp³-hybridized carbons (Fsp3) is 0.222. The van der Waals surface area contributed by atoms with Gasteiger partial charge in [0.1, 0.15) is 0 Å². The van der Waals surface area contributed by atoms with Gasteiger partial charge < -0.3 is 15.2 Å². The van der Waals surface area contributed by atoms with E-state index < -0.39 is 0 Å². The van der Waals surface area contributed by atoms with Gasteiger partial charge in [-0.05, 0) is 43.7 Å². The summed E-state index contributed by atoms with van der Waals surface area (Å²) in [5.41, 5.74) is 5.02. The second-order valence-corrected chi connectivity index (χ2v) is 5.70. The Bertz CT molecular complexity index is 761. The molecule has 0 aliphatic heterocycles. The van der Waals surface area contributed by atoms with Gasteiger partial charge in [0.25, 0.3) is 5.91 Å². The van der Waals surface area contributed by atoms with Crippen molar-refractivity contribution in [2.75, 3.05) is 18.5 Å². The first-order valence-corrected chi connectivity index (χ1v) is 8.15. The number of hydrogen-bond acceptors (Lipinski definition) is 5. The molecule has 3 N–H and O–H groups in total. The molecule has 0 aromatic heterocycles. The minimum absolute atomic E-state index is 0.0981. The van der Waals surface area contributed by atoms with E-state index in [1.54, 1.807) is 13.0 Å². The van der Waals surface area contributed by atoms with Gasteiger partial charge in [0.05, 0.1) is 24.4 Å². The van der Waals surface area contributed by atoms with Gasteiger partial charge in [-0.25, -0.2) is 5.43 Å². The Balaban J connectivity index is 1.89. The van der Waals surface area contributed by atoms with Crippen molar-refractivity contribution in [3.63, 3.8) is 0 Å². The predicted octanol–water partition coefficient (Wildman–Crippen LogP) is 3.31. The number of benzene rings is 2. The lowest BCUT2D eigenvalue weighted by atomic mass is 10.2. The van der Waals surface area contributed by atoms with Crippen LogP contribution in [0.3, 0.4) is 0 Å². The third kappa shape index (κ3) is 5.69. The summed E-state index contributed by atoms with van der Waals surface area (Å²) in [6.45, 7) is 4.29. The summed E-state index contributed by atoms with van der Waals surface area (Å²) in [6.07, 6.45) is 1.43. The number of phenolic OH excluding ortho intramolecular Hbond substituents is 1. The molecule has 2 rings (SSSR count). The van der Waals surface area contributed by atoms with E-state index in [0.717, 1.165) is 11.3 Å². The molecule has 2 aromatic rings. The number of amides is 1.